The van der Waals surface area contributed by atoms with Crippen molar-refractivity contribution in [2.24, 2.45) is 10.2 Å². The van der Waals surface area contributed by atoms with Crippen molar-refractivity contribution >= 4 is 35.0 Å². The average molecular weight is 285 g/mol. The number of benzene rings is 2. The zero-order chi connectivity index (χ0) is 14.1. The highest BCUT2D eigenvalue weighted by Crippen LogP contribution is 2.37. The Morgan fingerprint density at radius 3 is 2.75 bits per heavy atom. The van der Waals surface area contributed by atoms with Crippen molar-refractivity contribution in [2.75, 3.05) is 0 Å². The fourth-order valence-electron chi connectivity index (χ4n) is 1.89. The Labute approximate surface area is 120 Å². The molecule has 6 heteroatoms. The van der Waals surface area contributed by atoms with E-state index < -0.39 is 0 Å². The van der Waals surface area contributed by atoms with Crippen LogP contribution in [0.5, 0.6) is 5.75 Å². The predicted octanol–water partition coefficient (Wildman–Crippen LogP) is 4.55. The molecular formula is C14H11N3O2S. The van der Waals surface area contributed by atoms with Gasteiger partial charge in [0.15, 0.2) is 5.75 Å². The van der Waals surface area contributed by atoms with Gasteiger partial charge >= 0.3 is 0 Å². The van der Waals surface area contributed by atoms with E-state index in [0.717, 1.165) is 16.0 Å². The van der Waals surface area contributed by atoms with Gasteiger partial charge in [-0.25, -0.2) is 0 Å². The van der Waals surface area contributed by atoms with Gasteiger partial charge in [0, 0.05) is 16.3 Å². The van der Waals surface area contributed by atoms with E-state index >= 15 is 0 Å². The van der Waals surface area contributed by atoms with Crippen molar-refractivity contribution in [1.29, 1.82) is 0 Å². The number of nitrogens with zero attached hydrogens (tertiary/aromatic N) is 3. The summed E-state index contributed by atoms with van der Waals surface area (Å²) >= 11 is 4.36. The third-order valence-corrected chi connectivity index (χ3v) is 3.25. The van der Waals surface area contributed by atoms with Crippen LogP contribution in [0.1, 0.15) is 5.69 Å². The van der Waals surface area contributed by atoms with Crippen LogP contribution in [-0.4, -0.2) is 10.3 Å². The number of aromatic hydroxyl groups is 1. The zero-order valence-electron chi connectivity index (χ0n) is 10.6. The lowest BCUT2D eigenvalue weighted by Gasteiger charge is -2.05. The average Bonchev–Trinajstić information content (AvgIpc) is 2.85. The molecule has 0 amide bonds. The second-order valence-corrected chi connectivity index (χ2v) is 4.79. The first-order valence-electron chi connectivity index (χ1n) is 5.94. The van der Waals surface area contributed by atoms with E-state index in [1.165, 1.54) is 0 Å². The normalized spacial score (nSPS) is 11.5. The summed E-state index contributed by atoms with van der Waals surface area (Å²) < 4.78 is 4.93. The molecule has 20 heavy (non-hydrogen) atoms. The summed E-state index contributed by atoms with van der Waals surface area (Å²) in [5, 5.41) is 23.4. The number of hydrogen-bond acceptors (Lipinski definition) is 6. The highest BCUT2D eigenvalue weighted by atomic mass is 32.1. The third kappa shape index (κ3) is 2.25. The lowest BCUT2D eigenvalue weighted by atomic mass is 10.1. The van der Waals surface area contributed by atoms with Crippen LogP contribution in [-0.2, 0) is 0 Å². The number of hydrogen-bond donors (Lipinski definition) is 2. The molecule has 100 valence electrons. The molecule has 0 fully saturated rings. The summed E-state index contributed by atoms with van der Waals surface area (Å²) in [4.78, 5) is 0.798. The van der Waals surface area contributed by atoms with Crippen molar-refractivity contribution in [3.63, 3.8) is 0 Å². The van der Waals surface area contributed by atoms with Gasteiger partial charge in [0.25, 0.3) is 5.88 Å². The number of phenolic OH excluding ortho intramolecular Hbond substituents is 1. The maximum atomic E-state index is 10.2. The van der Waals surface area contributed by atoms with Gasteiger partial charge in [0.1, 0.15) is 5.69 Å². The van der Waals surface area contributed by atoms with Crippen molar-refractivity contribution in [3.8, 4) is 5.75 Å². The Balaban J connectivity index is 2.04. The molecule has 3 aromatic rings. The molecule has 0 bridgehead atoms. The van der Waals surface area contributed by atoms with Crippen molar-refractivity contribution < 1.29 is 9.63 Å². The van der Waals surface area contributed by atoms with Crippen LogP contribution in [0.25, 0.3) is 10.8 Å². The van der Waals surface area contributed by atoms with Crippen LogP contribution in [0.3, 0.4) is 0 Å². The molecule has 0 atom stereocenters. The minimum Gasteiger partial charge on any atom is -0.505 e. The summed E-state index contributed by atoms with van der Waals surface area (Å²) in [6.07, 6.45) is 0. The number of aromatic nitrogens is 1. The predicted molar refractivity (Wildman–Crippen MR) is 78.3 cm³/mol. The summed E-state index contributed by atoms with van der Waals surface area (Å²) in [7, 11) is 0. The molecule has 3 rings (SSSR count). The van der Waals surface area contributed by atoms with Gasteiger partial charge in [-0.05, 0) is 24.4 Å². The maximum absolute atomic E-state index is 10.2. The fraction of sp³-hybridized carbons (Fsp3) is 0.0714. The Kier molecular flexibility index (Phi) is 3.15. The largest absolute Gasteiger partial charge is 0.505 e. The van der Waals surface area contributed by atoms with Crippen LogP contribution in [0.2, 0.25) is 0 Å². The van der Waals surface area contributed by atoms with Gasteiger partial charge in [-0.1, -0.05) is 23.4 Å². The van der Waals surface area contributed by atoms with Crippen LogP contribution in [0.15, 0.2) is 56.0 Å². The molecule has 0 radical (unpaired) electrons. The third-order valence-electron chi connectivity index (χ3n) is 2.86. The number of azo groups is 1. The second kappa shape index (κ2) is 4.97. The summed E-state index contributed by atoms with van der Waals surface area (Å²) in [5.74, 6) is 0.364. The first-order valence-corrected chi connectivity index (χ1v) is 6.38. The van der Waals surface area contributed by atoms with Crippen molar-refractivity contribution in [3.05, 3.63) is 42.1 Å². The molecular weight excluding hydrogens is 274 g/mol. The molecule has 1 aromatic heterocycles. The smallest absolute Gasteiger partial charge is 0.269 e. The lowest BCUT2D eigenvalue weighted by Crippen LogP contribution is -1.77. The monoisotopic (exact) mass is 285 g/mol. The first-order chi connectivity index (χ1) is 9.65. The number of aryl methyl sites for hydroxylation is 1. The van der Waals surface area contributed by atoms with E-state index in [4.69, 9.17) is 4.52 Å². The summed E-state index contributed by atoms with van der Waals surface area (Å²) in [5.41, 5.74) is 1.09. The minimum absolute atomic E-state index is 0.0680. The standard InChI is InChI=1S/C14H11N3O2S/c1-8-7-13(19-17-8)16-15-11-6-5-9-10(14(11)18)3-2-4-12(9)20/h2-7,18,20H,1H3. The molecule has 1 heterocycles. The summed E-state index contributed by atoms with van der Waals surface area (Å²) in [6.45, 7) is 1.80. The minimum atomic E-state index is 0.0680. The molecule has 0 aliphatic heterocycles. The molecule has 0 aliphatic carbocycles. The quantitative estimate of drug-likeness (QED) is 0.536. The SMILES string of the molecule is Cc1cc(N=Nc2ccc3c(S)cccc3c2O)on1. The Morgan fingerprint density at radius 2 is 2.00 bits per heavy atom. The topological polar surface area (TPSA) is 71.0 Å². The molecule has 0 unspecified atom stereocenters. The second-order valence-electron chi connectivity index (χ2n) is 4.31. The van der Waals surface area contributed by atoms with E-state index in [2.05, 4.69) is 28.0 Å². The fourth-order valence-corrected chi connectivity index (χ4v) is 2.18. The molecule has 1 N–H and O–H groups in total. The van der Waals surface area contributed by atoms with Crippen molar-refractivity contribution in [2.45, 2.75) is 11.8 Å². The molecule has 5 nitrogen and oxygen atoms in total. The van der Waals surface area contributed by atoms with Crippen LogP contribution in [0.4, 0.5) is 11.6 Å². The lowest BCUT2D eigenvalue weighted by molar-refractivity contribution is 0.422. The van der Waals surface area contributed by atoms with Crippen LogP contribution < -0.4 is 0 Å². The highest BCUT2D eigenvalue weighted by Gasteiger charge is 2.08. The van der Waals surface area contributed by atoms with E-state index in [1.54, 1.807) is 19.1 Å². The van der Waals surface area contributed by atoms with Gasteiger partial charge in [-0.3, -0.25) is 0 Å². The van der Waals surface area contributed by atoms with Crippen molar-refractivity contribution in [1.82, 2.24) is 5.16 Å². The number of phenols is 1. The molecule has 0 spiro atoms. The van der Waals surface area contributed by atoms with E-state index in [1.807, 2.05) is 24.3 Å². The molecule has 0 saturated carbocycles. The highest BCUT2D eigenvalue weighted by molar-refractivity contribution is 7.80. The maximum Gasteiger partial charge on any atom is 0.269 e. The van der Waals surface area contributed by atoms with Gasteiger partial charge < -0.3 is 9.63 Å². The molecule has 2 aromatic carbocycles. The number of fused-ring (bicyclic) bond motifs is 1. The van der Waals surface area contributed by atoms with Gasteiger partial charge in [0.05, 0.1) is 5.69 Å². The van der Waals surface area contributed by atoms with Crippen LogP contribution >= 0.6 is 12.6 Å². The Hall–Kier alpha value is -2.34. The van der Waals surface area contributed by atoms with E-state index in [0.29, 0.717) is 17.0 Å². The van der Waals surface area contributed by atoms with Gasteiger partial charge in [-0.15, -0.1) is 22.9 Å². The first kappa shape index (κ1) is 12.7. The van der Waals surface area contributed by atoms with E-state index in [9.17, 15) is 5.11 Å². The van der Waals surface area contributed by atoms with Crippen LogP contribution in [0, 0.1) is 6.92 Å². The summed E-state index contributed by atoms with van der Waals surface area (Å²) in [6, 6.07) is 10.7. The van der Waals surface area contributed by atoms with E-state index in [-0.39, 0.29) is 5.75 Å². The Bertz CT molecular complexity index is 811. The van der Waals surface area contributed by atoms with Gasteiger partial charge in [-0.2, -0.15) is 0 Å². The van der Waals surface area contributed by atoms with Gasteiger partial charge in [0.2, 0.25) is 0 Å². The number of rotatable bonds is 2. The molecule has 0 saturated heterocycles. The molecule has 0 aliphatic rings. The zero-order valence-corrected chi connectivity index (χ0v) is 11.5. The number of thiol groups is 1. The Morgan fingerprint density at radius 1 is 1.15 bits per heavy atom.